The predicted octanol–water partition coefficient (Wildman–Crippen LogP) is 1.80. The molecule has 2 N–H and O–H groups in total. The molecule has 0 fully saturated rings. The average Bonchev–Trinajstić information content (AvgIpc) is 1.99. The van der Waals surface area contributed by atoms with Crippen molar-refractivity contribution in [3.8, 4) is 0 Å². The minimum Gasteiger partial charge on any atom is -0.330 e. The topological polar surface area (TPSA) is 26.0 Å². The molecule has 0 saturated carbocycles. The van der Waals surface area contributed by atoms with Crippen molar-refractivity contribution in [1.82, 2.24) is 0 Å². The molecule has 1 rings (SSSR count). The number of benzene rings is 1. The molecule has 1 nitrogen and oxygen atoms in total. The van der Waals surface area contributed by atoms with Gasteiger partial charge >= 0.3 is 0 Å². The first-order valence-electron chi connectivity index (χ1n) is 4.01. The van der Waals surface area contributed by atoms with Crippen molar-refractivity contribution in [3.05, 3.63) is 34.9 Å². The fourth-order valence-corrected chi connectivity index (χ4v) is 1.24. The van der Waals surface area contributed by atoms with Gasteiger partial charge in [0.05, 0.1) is 0 Å². The van der Waals surface area contributed by atoms with E-state index in [1.54, 1.807) is 0 Å². The lowest BCUT2D eigenvalue weighted by atomic mass is 10.0. The molecule has 60 valence electrons. The summed E-state index contributed by atoms with van der Waals surface area (Å²) in [5, 5.41) is 0. The Labute approximate surface area is 68.2 Å². The lowest BCUT2D eigenvalue weighted by molar-refractivity contribution is 0.954. The van der Waals surface area contributed by atoms with Crippen molar-refractivity contribution in [2.24, 2.45) is 5.73 Å². The van der Waals surface area contributed by atoms with E-state index in [9.17, 15) is 0 Å². The van der Waals surface area contributed by atoms with Crippen LogP contribution >= 0.6 is 0 Å². The van der Waals surface area contributed by atoms with Crippen molar-refractivity contribution in [2.45, 2.75) is 20.3 Å². The maximum absolute atomic E-state index is 5.48. The summed E-state index contributed by atoms with van der Waals surface area (Å²) in [5.41, 5.74) is 9.61. The van der Waals surface area contributed by atoms with E-state index in [0.717, 1.165) is 13.0 Å². The Kier molecular flexibility index (Phi) is 2.66. The first-order chi connectivity index (χ1) is 5.25. The van der Waals surface area contributed by atoms with Gasteiger partial charge in [-0.3, -0.25) is 0 Å². The van der Waals surface area contributed by atoms with Crippen LogP contribution in [-0.2, 0) is 6.42 Å². The molecule has 1 aromatic carbocycles. The molecule has 0 aliphatic heterocycles. The third-order valence-corrected chi connectivity index (χ3v) is 2.13. The van der Waals surface area contributed by atoms with Crippen LogP contribution in [0.1, 0.15) is 16.7 Å². The summed E-state index contributed by atoms with van der Waals surface area (Å²) < 4.78 is 0. The smallest absolute Gasteiger partial charge is 0.00366 e. The summed E-state index contributed by atoms with van der Waals surface area (Å²) in [5.74, 6) is 0. The third kappa shape index (κ3) is 1.81. The zero-order chi connectivity index (χ0) is 8.27. The van der Waals surface area contributed by atoms with Gasteiger partial charge in [-0.25, -0.2) is 0 Å². The molecule has 0 aliphatic rings. The Hall–Kier alpha value is -0.820. The van der Waals surface area contributed by atoms with Gasteiger partial charge in [0.25, 0.3) is 0 Å². The van der Waals surface area contributed by atoms with Crippen LogP contribution in [0.5, 0.6) is 0 Å². The summed E-state index contributed by atoms with van der Waals surface area (Å²) in [6.07, 6.45) is 0.994. The van der Waals surface area contributed by atoms with E-state index in [0.29, 0.717) is 0 Å². The Morgan fingerprint density at radius 1 is 1.27 bits per heavy atom. The molecular weight excluding hydrogens is 134 g/mol. The van der Waals surface area contributed by atoms with E-state index in [4.69, 9.17) is 5.73 Å². The lowest BCUT2D eigenvalue weighted by Crippen LogP contribution is -2.04. The first kappa shape index (κ1) is 8.28. The minimum atomic E-state index is 0.740. The largest absolute Gasteiger partial charge is 0.330 e. The zero-order valence-electron chi connectivity index (χ0n) is 7.22. The molecule has 0 bridgehead atoms. The Balaban J connectivity index is 2.96. The molecule has 0 atom stereocenters. The summed E-state index contributed by atoms with van der Waals surface area (Å²) in [4.78, 5) is 0. The monoisotopic (exact) mass is 149 g/mol. The van der Waals surface area contributed by atoms with E-state index in [-0.39, 0.29) is 0 Å². The molecule has 0 aliphatic carbocycles. The zero-order valence-corrected chi connectivity index (χ0v) is 7.22. The molecule has 0 heterocycles. The summed E-state index contributed by atoms with van der Waals surface area (Å²) in [6.45, 7) is 5.03. The van der Waals surface area contributed by atoms with Crippen molar-refractivity contribution in [3.63, 3.8) is 0 Å². The second kappa shape index (κ2) is 3.54. The molecule has 0 unspecified atom stereocenters. The van der Waals surface area contributed by atoms with Crippen LogP contribution < -0.4 is 5.73 Å². The van der Waals surface area contributed by atoms with Crippen molar-refractivity contribution < 1.29 is 0 Å². The van der Waals surface area contributed by atoms with Gasteiger partial charge in [0.2, 0.25) is 0 Å². The quantitative estimate of drug-likeness (QED) is 0.681. The van der Waals surface area contributed by atoms with Crippen LogP contribution in [0, 0.1) is 13.8 Å². The molecule has 1 heteroatoms. The fourth-order valence-electron chi connectivity index (χ4n) is 1.24. The third-order valence-electron chi connectivity index (χ3n) is 2.13. The standard InChI is InChI=1S/C10H15N/c1-8-4-3-5-10(6-7-11)9(8)2/h3-5H,6-7,11H2,1-2H3. The molecule has 0 saturated heterocycles. The highest BCUT2D eigenvalue weighted by Crippen LogP contribution is 2.12. The van der Waals surface area contributed by atoms with E-state index < -0.39 is 0 Å². The highest BCUT2D eigenvalue weighted by Gasteiger charge is 1.97. The van der Waals surface area contributed by atoms with Crippen LogP contribution in [0.25, 0.3) is 0 Å². The van der Waals surface area contributed by atoms with Gasteiger partial charge in [-0.05, 0) is 43.5 Å². The van der Waals surface area contributed by atoms with E-state index in [1.807, 2.05) is 0 Å². The van der Waals surface area contributed by atoms with Gasteiger partial charge < -0.3 is 5.73 Å². The minimum absolute atomic E-state index is 0.740. The van der Waals surface area contributed by atoms with Gasteiger partial charge in [0.1, 0.15) is 0 Å². The fraction of sp³-hybridized carbons (Fsp3) is 0.400. The SMILES string of the molecule is Cc1cccc(CCN)c1C. The molecule has 0 spiro atoms. The number of hydrogen-bond acceptors (Lipinski definition) is 1. The van der Waals surface area contributed by atoms with Crippen LogP contribution in [0.3, 0.4) is 0 Å². The molecule has 0 amide bonds. The van der Waals surface area contributed by atoms with Crippen LogP contribution in [0.4, 0.5) is 0 Å². The van der Waals surface area contributed by atoms with E-state index in [2.05, 4.69) is 32.0 Å². The molecule has 0 aromatic heterocycles. The number of rotatable bonds is 2. The van der Waals surface area contributed by atoms with Crippen molar-refractivity contribution in [1.29, 1.82) is 0 Å². The molecule has 0 radical (unpaired) electrons. The van der Waals surface area contributed by atoms with Gasteiger partial charge in [0.15, 0.2) is 0 Å². The predicted molar refractivity (Wildman–Crippen MR) is 48.7 cm³/mol. The summed E-state index contributed by atoms with van der Waals surface area (Å²) >= 11 is 0. The van der Waals surface area contributed by atoms with Crippen molar-refractivity contribution in [2.75, 3.05) is 6.54 Å². The first-order valence-corrected chi connectivity index (χ1v) is 4.01. The van der Waals surface area contributed by atoms with Crippen LogP contribution in [-0.4, -0.2) is 6.54 Å². The van der Waals surface area contributed by atoms with Crippen LogP contribution in [0.2, 0.25) is 0 Å². The van der Waals surface area contributed by atoms with Gasteiger partial charge in [-0.2, -0.15) is 0 Å². The number of aryl methyl sites for hydroxylation is 1. The Bertz CT molecular complexity index is 241. The Morgan fingerprint density at radius 3 is 2.64 bits per heavy atom. The van der Waals surface area contributed by atoms with Gasteiger partial charge in [-0.1, -0.05) is 18.2 Å². The number of hydrogen-bond donors (Lipinski definition) is 1. The van der Waals surface area contributed by atoms with Crippen molar-refractivity contribution >= 4 is 0 Å². The summed E-state index contributed by atoms with van der Waals surface area (Å²) in [7, 11) is 0. The Morgan fingerprint density at radius 2 is 2.00 bits per heavy atom. The molecular formula is C10H15N. The second-order valence-corrected chi connectivity index (χ2v) is 2.90. The van der Waals surface area contributed by atoms with E-state index >= 15 is 0 Å². The van der Waals surface area contributed by atoms with Gasteiger partial charge in [-0.15, -0.1) is 0 Å². The lowest BCUT2D eigenvalue weighted by Gasteiger charge is -2.05. The maximum Gasteiger partial charge on any atom is -0.00366 e. The second-order valence-electron chi connectivity index (χ2n) is 2.90. The van der Waals surface area contributed by atoms with E-state index in [1.165, 1.54) is 16.7 Å². The molecule has 1 aromatic rings. The normalized spacial score (nSPS) is 10.1. The highest BCUT2D eigenvalue weighted by atomic mass is 14.5. The maximum atomic E-state index is 5.48. The number of nitrogens with two attached hydrogens (primary N) is 1. The van der Waals surface area contributed by atoms with Gasteiger partial charge in [0, 0.05) is 0 Å². The average molecular weight is 149 g/mol. The summed E-state index contributed by atoms with van der Waals surface area (Å²) in [6, 6.07) is 6.37. The van der Waals surface area contributed by atoms with Crippen LogP contribution in [0.15, 0.2) is 18.2 Å². The highest BCUT2D eigenvalue weighted by molar-refractivity contribution is 5.33. The molecule has 11 heavy (non-hydrogen) atoms.